The molecule has 0 saturated carbocycles. The second-order valence-electron chi connectivity index (χ2n) is 5.51. The van der Waals surface area contributed by atoms with Crippen LogP contribution >= 0.6 is 0 Å². The van der Waals surface area contributed by atoms with Crippen LogP contribution in [-0.4, -0.2) is 44.2 Å². The molecule has 0 radical (unpaired) electrons. The van der Waals surface area contributed by atoms with Crippen molar-refractivity contribution in [3.63, 3.8) is 0 Å². The van der Waals surface area contributed by atoms with E-state index in [1.807, 2.05) is 0 Å². The molecule has 0 saturated heterocycles. The van der Waals surface area contributed by atoms with E-state index in [2.05, 4.69) is 14.8 Å². The summed E-state index contributed by atoms with van der Waals surface area (Å²) in [5.74, 6) is -2.19. The van der Waals surface area contributed by atoms with Crippen LogP contribution in [0.1, 0.15) is 10.4 Å². The molecule has 1 N–H and O–H groups in total. The maximum Gasteiger partial charge on any atom is 0.387 e. The molecule has 0 unspecified atom stereocenters. The summed E-state index contributed by atoms with van der Waals surface area (Å²) in [6.45, 7) is -3.76. The van der Waals surface area contributed by atoms with Gasteiger partial charge in [0.2, 0.25) is 0 Å². The predicted molar refractivity (Wildman–Crippen MR) is 98.2 cm³/mol. The zero-order valence-electron chi connectivity index (χ0n) is 15.7. The smallest absolute Gasteiger partial charge is 0.387 e. The summed E-state index contributed by atoms with van der Waals surface area (Å²) < 4.78 is 44.3. The molecule has 0 aliphatic rings. The molecule has 0 atom stereocenters. The number of hydrogen-bond donors (Lipinski definition) is 1. The van der Waals surface area contributed by atoms with Crippen molar-refractivity contribution in [3.05, 3.63) is 52.1 Å². The highest BCUT2D eigenvalue weighted by molar-refractivity contribution is 6.02. The Morgan fingerprint density at radius 3 is 2.50 bits per heavy atom. The normalized spacial score (nSPS) is 10.3. The number of anilines is 1. The van der Waals surface area contributed by atoms with Gasteiger partial charge in [0.25, 0.3) is 11.6 Å². The second-order valence-corrected chi connectivity index (χ2v) is 5.51. The Morgan fingerprint density at radius 2 is 1.90 bits per heavy atom. The fraction of sp³-hybridized carbons (Fsp3) is 0.222. The SMILES string of the molecule is COC(=O)c1cc(OC)c(OC(F)F)cc1NC(=O)COc1cccc([N+](=O)[O-])c1. The monoisotopic (exact) mass is 426 g/mol. The van der Waals surface area contributed by atoms with E-state index < -0.39 is 35.8 Å². The highest BCUT2D eigenvalue weighted by Gasteiger charge is 2.21. The van der Waals surface area contributed by atoms with Crippen LogP contribution in [-0.2, 0) is 9.53 Å². The van der Waals surface area contributed by atoms with Crippen molar-refractivity contribution in [2.24, 2.45) is 0 Å². The molecule has 0 aliphatic heterocycles. The Kier molecular flexibility index (Phi) is 7.44. The number of benzene rings is 2. The van der Waals surface area contributed by atoms with Gasteiger partial charge in [0.15, 0.2) is 18.1 Å². The third kappa shape index (κ3) is 5.77. The number of amides is 1. The van der Waals surface area contributed by atoms with Crippen LogP contribution in [0.15, 0.2) is 36.4 Å². The van der Waals surface area contributed by atoms with Crippen LogP contribution in [0, 0.1) is 10.1 Å². The lowest BCUT2D eigenvalue weighted by molar-refractivity contribution is -0.384. The maximum atomic E-state index is 12.6. The molecule has 12 heteroatoms. The molecule has 10 nitrogen and oxygen atoms in total. The summed E-state index contributed by atoms with van der Waals surface area (Å²) in [5, 5.41) is 13.1. The molecule has 0 spiro atoms. The fourth-order valence-electron chi connectivity index (χ4n) is 2.31. The standard InChI is InChI=1S/C18H16F2N2O8/c1-27-14-7-12(17(24)28-2)13(8-15(14)30-18(19)20)21-16(23)9-29-11-5-3-4-10(6-11)22(25)26/h3-8,18H,9H2,1-2H3,(H,21,23). The van der Waals surface area contributed by atoms with E-state index in [0.29, 0.717) is 0 Å². The van der Waals surface area contributed by atoms with Gasteiger partial charge in [-0.1, -0.05) is 6.07 Å². The Labute approximate surface area is 168 Å². The molecule has 0 heterocycles. The van der Waals surface area contributed by atoms with E-state index in [0.717, 1.165) is 25.3 Å². The zero-order chi connectivity index (χ0) is 22.3. The van der Waals surface area contributed by atoms with Crippen molar-refractivity contribution < 1.29 is 42.2 Å². The number of ether oxygens (including phenoxy) is 4. The lowest BCUT2D eigenvalue weighted by Gasteiger charge is -2.15. The van der Waals surface area contributed by atoms with Gasteiger partial charge in [0.1, 0.15) is 5.75 Å². The third-order valence-electron chi connectivity index (χ3n) is 3.60. The molecular formula is C18H16F2N2O8. The average molecular weight is 426 g/mol. The van der Waals surface area contributed by atoms with E-state index in [9.17, 15) is 28.5 Å². The van der Waals surface area contributed by atoms with Crippen LogP contribution in [0.2, 0.25) is 0 Å². The van der Waals surface area contributed by atoms with E-state index in [1.165, 1.54) is 25.3 Å². The van der Waals surface area contributed by atoms with E-state index in [1.54, 1.807) is 0 Å². The average Bonchev–Trinajstić information content (AvgIpc) is 2.71. The van der Waals surface area contributed by atoms with Crippen LogP contribution in [0.25, 0.3) is 0 Å². The van der Waals surface area contributed by atoms with Gasteiger partial charge >= 0.3 is 12.6 Å². The van der Waals surface area contributed by atoms with Gasteiger partial charge in [-0.05, 0) is 6.07 Å². The number of nitro benzene ring substituents is 1. The minimum absolute atomic E-state index is 0.0593. The van der Waals surface area contributed by atoms with Gasteiger partial charge in [-0.15, -0.1) is 0 Å². The first kappa shape index (κ1) is 22.3. The van der Waals surface area contributed by atoms with E-state index in [-0.39, 0.29) is 28.4 Å². The fourth-order valence-corrected chi connectivity index (χ4v) is 2.31. The van der Waals surface area contributed by atoms with Crippen LogP contribution in [0.3, 0.4) is 0 Å². The van der Waals surface area contributed by atoms with Crippen molar-refractivity contribution >= 4 is 23.3 Å². The van der Waals surface area contributed by atoms with Crippen molar-refractivity contribution in [1.82, 2.24) is 0 Å². The van der Waals surface area contributed by atoms with Gasteiger partial charge in [-0.25, -0.2) is 4.79 Å². The molecule has 0 aromatic heterocycles. The number of halogens is 2. The molecule has 1 amide bonds. The van der Waals surface area contributed by atoms with Crippen LogP contribution in [0.4, 0.5) is 20.2 Å². The summed E-state index contributed by atoms with van der Waals surface area (Å²) >= 11 is 0. The van der Waals surface area contributed by atoms with Crippen molar-refractivity contribution in [1.29, 1.82) is 0 Å². The summed E-state index contributed by atoms with van der Waals surface area (Å²) in [6.07, 6.45) is 0. The number of nitrogens with zero attached hydrogens (tertiary/aromatic N) is 1. The largest absolute Gasteiger partial charge is 0.493 e. The first-order chi connectivity index (χ1) is 14.2. The Bertz CT molecular complexity index is 952. The molecule has 2 aromatic carbocycles. The highest BCUT2D eigenvalue weighted by Crippen LogP contribution is 2.35. The second kappa shape index (κ2) is 10.0. The Morgan fingerprint density at radius 1 is 1.17 bits per heavy atom. The topological polar surface area (TPSA) is 126 Å². The summed E-state index contributed by atoms with van der Waals surface area (Å²) in [6, 6.07) is 7.19. The summed E-state index contributed by atoms with van der Waals surface area (Å²) in [4.78, 5) is 34.3. The molecule has 2 aromatic rings. The number of alkyl halides is 2. The molecule has 0 fully saturated rings. The number of carbonyl (C=O) groups excluding carboxylic acids is 2. The maximum absolute atomic E-state index is 12.6. The number of nitrogens with one attached hydrogen (secondary N) is 1. The first-order valence-electron chi connectivity index (χ1n) is 8.17. The predicted octanol–water partition coefficient (Wildman–Crippen LogP) is 3.01. The molecule has 0 aliphatic carbocycles. The zero-order valence-corrected chi connectivity index (χ0v) is 15.7. The lowest BCUT2D eigenvalue weighted by Crippen LogP contribution is -2.22. The van der Waals surface area contributed by atoms with Crippen molar-refractivity contribution in [3.8, 4) is 17.2 Å². The van der Waals surface area contributed by atoms with E-state index in [4.69, 9.17) is 9.47 Å². The number of rotatable bonds is 9. The molecule has 0 bridgehead atoms. The van der Waals surface area contributed by atoms with Gasteiger partial charge in [0.05, 0.1) is 36.5 Å². The number of methoxy groups -OCH3 is 2. The summed E-state index contributed by atoms with van der Waals surface area (Å²) in [7, 11) is 2.27. The minimum atomic E-state index is -3.18. The Balaban J connectivity index is 2.22. The van der Waals surface area contributed by atoms with Gasteiger partial charge < -0.3 is 24.3 Å². The van der Waals surface area contributed by atoms with Crippen molar-refractivity contribution in [2.45, 2.75) is 6.61 Å². The van der Waals surface area contributed by atoms with Crippen LogP contribution in [0.5, 0.6) is 17.2 Å². The molecule has 30 heavy (non-hydrogen) atoms. The minimum Gasteiger partial charge on any atom is -0.493 e. The Hall–Kier alpha value is -3.96. The molecular weight excluding hydrogens is 410 g/mol. The number of nitro groups is 1. The quantitative estimate of drug-likeness (QED) is 0.368. The molecule has 160 valence electrons. The molecule has 2 rings (SSSR count). The van der Waals surface area contributed by atoms with E-state index >= 15 is 0 Å². The highest BCUT2D eigenvalue weighted by atomic mass is 19.3. The van der Waals surface area contributed by atoms with Crippen LogP contribution < -0.4 is 19.5 Å². The summed E-state index contributed by atoms with van der Waals surface area (Å²) in [5.41, 5.74) is -0.601. The number of hydrogen-bond acceptors (Lipinski definition) is 8. The van der Waals surface area contributed by atoms with Crippen molar-refractivity contribution in [2.75, 3.05) is 26.1 Å². The number of esters is 1. The van der Waals surface area contributed by atoms with Gasteiger partial charge in [-0.3, -0.25) is 14.9 Å². The lowest BCUT2D eigenvalue weighted by atomic mass is 10.1. The first-order valence-corrected chi connectivity index (χ1v) is 8.17. The van der Waals surface area contributed by atoms with Gasteiger partial charge in [-0.2, -0.15) is 8.78 Å². The van der Waals surface area contributed by atoms with Gasteiger partial charge in [0, 0.05) is 18.2 Å². The number of non-ortho nitro benzene ring substituents is 1. The third-order valence-corrected chi connectivity index (χ3v) is 3.60. The number of carbonyl (C=O) groups is 2.